The van der Waals surface area contributed by atoms with Crippen molar-refractivity contribution in [3.05, 3.63) is 54.1 Å². The van der Waals surface area contributed by atoms with Crippen LogP contribution >= 0.6 is 0 Å². The van der Waals surface area contributed by atoms with Crippen molar-refractivity contribution in [3.8, 4) is 0 Å². The maximum atomic E-state index is 13.5. The first-order chi connectivity index (χ1) is 12.1. The molecule has 2 aromatic rings. The zero-order valence-electron chi connectivity index (χ0n) is 13.6. The fourth-order valence-electron chi connectivity index (χ4n) is 2.79. The van der Waals surface area contributed by atoms with E-state index in [1.54, 1.807) is 12.4 Å². The van der Waals surface area contributed by atoms with Crippen LogP contribution in [-0.2, 0) is 9.59 Å². The van der Waals surface area contributed by atoms with E-state index in [9.17, 15) is 14.0 Å². The van der Waals surface area contributed by atoms with Gasteiger partial charge in [-0.25, -0.2) is 4.39 Å². The third-order valence-corrected chi connectivity index (χ3v) is 4.01. The summed E-state index contributed by atoms with van der Waals surface area (Å²) in [7, 11) is 0. The predicted molar refractivity (Wildman–Crippen MR) is 92.7 cm³/mol. The van der Waals surface area contributed by atoms with E-state index < -0.39 is 11.7 Å². The zero-order chi connectivity index (χ0) is 17.6. The second-order valence-corrected chi connectivity index (χ2v) is 5.85. The highest BCUT2D eigenvalue weighted by Gasteiger charge is 2.30. The Hall–Kier alpha value is -2.96. The second-order valence-electron chi connectivity index (χ2n) is 5.85. The molecule has 1 aliphatic rings. The third kappa shape index (κ3) is 4.32. The van der Waals surface area contributed by atoms with Gasteiger partial charge in [0.05, 0.1) is 11.6 Å². The number of nitrogens with one attached hydrogen (secondary N) is 3. The number of aromatic nitrogens is 1. The van der Waals surface area contributed by atoms with E-state index in [-0.39, 0.29) is 18.2 Å². The van der Waals surface area contributed by atoms with Crippen molar-refractivity contribution in [3.63, 3.8) is 0 Å². The van der Waals surface area contributed by atoms with Crippen molar-refractivity contribution in [1.82, 2.24) is 10.3 Å². The standard InChI is InChI=1S/C18H19FN4O2/c19-12-4-5-16-14(9-12)15(10-17(24)23-16)18(25)22-8-2-7-21-13-3-1-6-20-11-13/h1,3-6,9,11,15,21H,2,7-8,10H2,(H,22,25)(H,23,24)/t15-/m0/s1. The van der Waals surface area contributed by atoms with Gasteiger partial charge in [-0.3, -0.25) is 14.6 Å². The third-order valence-electron chi connectivity index (χ3n) is 4.01. The summed E-state index contributed by atoms with van der Waals surface area (Å²) >= 11 is 0. The first-order valence-corrected chi connectivity index (χ1v) is 8.14. The summed E-state index contributed by atoms with van der Waals surface area (Å²) in [4.78, 5) is 28.2. The molecule has 2 heterocycles. The van der Waals surface area contributed by atoms with Crippen LogP contribution in [0.3, 0.4) is 0 Å². The van der Waals surface area contributed by atoms with Crippen LogP contribution in [0.25, 0.3) is 0 Å². The number of pyridine rings is 1. The van der Waals surface area contributed by atoms with Crippen molar-refractivity contribution in [2.75, 3.05) is 23.7 Å². The maximum absolute atomic E-state index is 13.5. The number of benzene rings is 1. The molecule has 1 aromatic carbocycles. The van der Waals surface area contributed by atoms with Crippen molar-refractivity contribution in [2.24, 2.45) is 0 Å². The Balaban J connectivity index is 1.51. The van der Waals surface area contributed by atoms with Crippen LogP contribution in [0.4, 0.5) is 15.8 Å². The van der Waals surface area contributed by atoms with Gasteiger partial charge in [0, 0.05) is 37.6 Å². The Morgan fingerprint density at radius 2 is 2.20 bits per heavy atom. The van der Waals surface area contributed by atoms with Crippen molar-refractivity contribution in [2.45, 2.75) is 18.8 Å². The van der Waals surface area contributed by atoms with Crippen LogP contribution in [0.2, 0.25) is 0 Å². The topological polar surface area (TPSA) is 83.1 Å². The van der Waals surface area contributed by atoms with Gasteiger partial charge in [-0.2, -0.15) is 0 Å². The summed E-state index contributed by atoms with van der Waals surface area (Å²) in [5, 5.41) is 8.69. The van der Waals surface area contributed by atoms with Crippen LogP contribution in [0.15, 0.2) is 42.7 Å². The van der Waals surface area contributed by atoms with E-state index in [4.69, 9.17) is 0 Å². The van der Waals surface area contributed by atoms with E-state index in [1.807, 2.05) is 12.1 Å². The van der Waals surface area contributed by atoms with Gasteiger partial charge < -0.3 is 16.0 Å². The molecule has 0 bridgehead atoms. The van der Waals surface area contributed by atoms with Gasteiger partial charge in [-0.05, 0) is 42.3 Å². The van der Waals surface area contributed by atoms with Gasteiger partial charge in [-0.15, -0.1) is 0 Å². The minimum atomic E-state index is -0.661. The Bertz CT molecular complexity index is 767. The monoisotopic (exact) mass is 342 g/mol. The largest absolute Gasteiger partial charge is 0.384 e. The highest BCUT2D eigenvalue weighted by Crippen LogP contribution is 2.32. The first kappa shape index (κ1) is 16.9. The Morgan fingerprint density at radius 1 is 1.32 bits per heavy atom. The average Bonchev–Trinajstić information content (AvgIpc) is 2.62. The van der Waals surface area contributed by atoms with E-state index >= 15 is 0 Å². The zero-order valence-corrected chi connectivity index (χ0v) is 13.6. The smallest absolute Gasteiger partial charge is 0.228 e. The van der Waals surface area contributed by atoms with Gasteiger partial charge in [0.1, 0.15) is 5.82 Å². The Kier molecular flexibility index (Phi) is 5.23. The van der Waals surface area contributed by atoms with Crippen LogP contribution in [0, 0.1) is 5.82 Å². The van der Waals surface area contributed by atoms with Gasteiger partial charge in [0.25, 0.3) is 0 Å². The molecular weight excluding hydrogens is 323 g/mol. The molecule has 3 N–H and O–H groups in total. The number of rotatable bonds is 6. The lowest BCUT2D eigenvalue weighted by atomic mass is 9.89. The average molecular weight is 342 g/mol. The number of hydrogen-bond acceptors (Lipinski definition) is 4. The molecule has 130 valence electrons. The summed E-state index contributed by atoms with van der Waals surface area (Å²) in [6.07, 6.45) is 4.17. The van der Waals surface area contributed by atoms with Gasteiger partial charge >= 0.3 is 0 Å². The Morgan fingerprint density at radius 3 is 3.00 bits per heavy atom. The minimum absolute atomic E-state index is 0.0240. The molecule has 6 nitrogen and oxygen atoms in total. The summed E-state index contributed by atoms with van der Waals surface area (Å²) < 4.78 is 13.5. The van der Waals surface area contributed by atoms with E-state index in [0.717, 1.165) is 12.1 Å². The Labute approximate surface area is 144 Å². The molecule has 3 rings (SSSR count). The summed E-state index contributed by atoms with van der Waals surface area (Å²) in [6.45, 7) is 1.15. The number of amides is 2. The summed E-state index contributed by atoms with van der Waals surface area (Å²) in [5.74, 6) is -1.58. The first-order valence-electron chi connectivity index (χ1n) is 8.14. The molecule has 0 unspecified atom stereocenters. The molecule has 1 aliphatic heterocycles. The van der Waals surface area contributed by atoms with Gasteiger partial charge in [-0.1, -0.05) is 0 Å². The molecule has 0 saturated heterocycles. The van der Waals surface area contributed by atoms with Crippen LogP contribution in [0.1, 0.15) is 24.3 Å². The van der Waals surface area contributed by atoms with E-state index in [2.05, 4.69) is 20.9 Å². The summed E-state index contributed by atoms with van der Waals surface area (Å²) in [5.41, 5.74) is 1.93. The second kappa shape index (κ2) is 7.74. The normalized spacial score (nSPS) is 15.9. The van der Waals surface area contributed by atoms with Crippen molar-refractivity contribution < 1.29 is 14.0 Å². The molecule has 0 fully saturated rings. The van der Waals surface area contributed by atoms with Crippen LogP contribution < -0.4 is 16.0 Å². The molecule has 2 amide bonds. The molecule has 25 heavy (non-hydrogen) atoms. The number of hydrogen-bond donors (Lipinski definition) is 3. The molecule has 0 radical (unpaired) electrons. The molecule has 1 atom stereocenters. The number of nitrogens with zero attached hydrogens (tertiary/aromatic N) is 1. The lowest BCUT2D eigenvalue weighted by Gasteiger charge is -2.25. The minimum Gasteiger partial charge on any atom is -0.384 e. The van der Waals surface area contributed by atoms with Gasteiger partial charge in [0.15, 0.2) is 0 Å². The molecule has 7 heteroatoms. The quantitative estimate of drug-likeness (QED) is 0.703. The van der Waals surface area contributed by atoms with Crippen LogP contribution in [0.5, 0.6) is 0 Å². The van der Waals surface area contributed by atoms with Crippen molar-refractivity contribution in [1.29, 1.82) is 0 Å². The number of carbonyl (C=O) groups excluding carboxylic acids is 2. The number of anilines is 2. The number of carbonyl (C=O) groups is 2. The SMILES string of the molecule is O=C1C[C@H](C(=O)NCCCNc2cccnc2)c2cc(F)ccc2N1. The fraction of sp³-hybridized carbons (Fsp3) is 0.278. The highest BCUT2D eigenvalue weighted by atomic mass is 19.1. The lowest BCUT2D eigenvalue weighted by molar-refractivity contribution is -0.126. The van der Waals surface area contributed by atoms with Crippen molar-refractivity contribution >= 4 is 23.2 Å². The van der Waals surface area contributed by atoms with E-state index in [0.29, 0.717) is 24.3 Å². The summed E-state index contributed by atoms with van der Waals surface area (Å²) in [6, 6.07) is 7.82. The fourth-order valence-corrected chi connectivity index (χ4v) is 2.79. The molecule has 0 aliphatic carbocycles. The number of halogens is 1. The molecular formula is C18H19FN4O2. The van der Waals surface area contributed by atoms with Crippen LogP contribution in [-0.4, -0.2) is 29.9 Å². The number of fused-ring (bicyclic) bond motifs is 1. The molecule has 1 aromatic heterocycles. The lowest BCUT2D eigenvalue weighted by Crippen LogP contribution is -2.36. The predicted octanol–water partition coefficient (Wildman–Crippen LogP) is 2.26. The van der Waals surface area contributed by atoms with E-state index in [1.165, 1.54) is 18.2 Å². The molecule has 0 saturated carbocycles. The maximum Gasteiger partial charge on any atom is 0.228 e. The highest BCUT2D eigenvalue weighted by molar-refractivity contribution is 6.01. The van der Waals surface area contributed by atoms with Gasteiger partial charge in [0.2, 0.25) is 11.8 Å². The molecule has 0 spiro atoms.